The molecule has 0 atom stereocenters. The molecule has 0 aliphatic rings. The number of nitrogens with zero attached hydrogens (tertiary/aromatic N) is 3. The van der Waals surface area contributed by atoms with Crippen LogP contribution in [0.1, 0.15) is 19.2 Å². The SMILES string of the molecule is CCOC(=O)CCn1cc([N+](=O)[O-])nc1C. The maximum absolute atomic E-state index is 11.1. The van der Waals surface area contributed by atoms with E-state index < -0.39 is 4.92 Å². The standard InChI is InChI=1S/C9H13N3O4/c1-3-16-9(13)4-5-11-6-8(12(14)15)10-7(11)2/h6H,3-5H2,1-2H3. The first-order valence-corrected chi connectivity index (χ1v) is 4.88. The van der Waals surface area contributed by atoms with Crippen LogP contribution in [-0.2, 0) is 16.1 Å². The van der Waals surface area contributed by atoms with Gasteiger partial charge in [0.1, 0.15) is 6.20 Å². The Morgan fingerprint density at radius 3 is 2.88 bits per heavy atom. The summed E-state index contributed by atoms with van der Waals surface area (Å²) in [7, 11) is 0. The van der Waals surface area contributed by atoms with Crippen molar-refractivity contribution in [2.45, 2.75) is 26.8 Å². The van der Waals surface area contributed by atoms with Gasteiger partial charge in [-0.05, 0) is 16.8 Å². The largest absolute Gasteiger partial charge is 0.466 e. The number of carbonyl (C=O) groups excluding carboxylic acids is 1. The molecule has 0 saturated carbocycles. The van der Waals surface area contributed by atoms with E-state index in [-0.39, 0.29) is 18.2 Å². The Bertz CT molecular complexity index is 399. The number of aryl methyl sites for hydroxylation is 2. The zero-order valence-corrected chi connectivity index (χ0v) is 9.17. The van der Waals surface area contributed by atoms with E-state index in [1.807, 2.05) is 0 Å². The van der Waals surface area contributed by atoms with Gasteiger partial charge in [0.25, 0.3) is 0 Å². The van der Waals surface area contributed by atoms with Gasteiger partial charge in [-0.1, -0.05) is 0 Å². The summed E-state index contributed by atoms with van der Waals surface area (Å²) in [5.74, 6) is -0.0180. The van der Waals surface area contributed by atoms with Crippen LogP contribution in [0.15, 0.2) is 6.20 Å². The highest BCUT2D eigenvalue weighted by Gasteiger charge is 2.15. The number of hydrogen-bond donors (Lipinski definition) is 0. The summed E-state index contributed by atoms with van der Waals surface area (Å²) in [5, 5.41) is 10.4. The first-order valence-electron chi connectivity index (χ1n) is 4.88. The Balaban J connectivity index is 2.60. The average Bonchev–Trinajstić information content (AvgIpc) is 2.58. The van der Waals surface area contributed by atoms with Crippen LogP contribution in [0.2, 0.25) is 0 Å². The minimum atomic E-state index is -0.562. The molecule has 0 unspecified atom stereocenters. The van der Waals surface area contributed by atoms with Crippen LogP contribution in [0.4, 0.5) is 5.82 Å². The van der Waals surface area contributed by atoms with Crippen molar-refractivity contribution < 1.29 is 14.5 Å². The maximum Gasteiger partial charge on any atom is 0.381 e. The van der Waals surface area contributed by atoms with E-state index in [9.17, 15) is 14.9 Å². The van der Waals surface area contributed by atoms with Crippen molar-refractivity contribution in [3.63, 3.8) is 0 Å². The molecule has 0 radical (unpaired) electrons. The number of rotatable bonds is 5. The molecule has 0 spiro atoms. The van der Waals surface area contributed by atoms with Gasteiger partial charge in [-0.2, -0.15) is 0 Å². The lowest BCUT2D eigenvalue weighted by Crippen LogP contribution is -2.09. The van der Waals surface area contributed by atoms with Gasteiger partial charge in [0.15, 0.2) is 0 Å². The molecule has 7 heteroatoms. The number of hydrogen-bond acceptors (Lipinski definition) is 5. The molecule has 0 saturated heterocycles. The van der Waals surface area contributed by atoms with Gasteiger partial charge in [0, 0.05) is 13.5 Å². The maximum atomic E-state index is 11.1. The number of nitro groups is 1. The van der Waals surface area contributed by atoms with E-state index in [1.54, 1.807) is 18.4 Å². The predicted octanol–water partition coefficient (Wildman–Crippen LogP) is 1.05. The number of imidazole rings is 1. The second-order valence-electron chi connectivity index (χ2n) is 3.15. The van der Waals surface area contributed by atoms with Crippen LogP contribution in [-0.4, -0.2) is 27.1 Å². The summed E-state index contributed by atoms with van der Waals surface area (Å²) < 4.78 is 6.32. The van der Waals surface area contributed by atoms with Crippen molar-refractivity contribution >= 4 is 11.8 Å². The van der Waals surface area contributed by atoms with Gasteiger partial charge >= 0.3 is 11.8 Å². The minimum absolute atomic E-state index is 0.183. The van der Waals surface area contributed by atoms with Gasteiger partial charge in [0.05, 0.1) is 13.0 Å². The molecule has 0 amide bonds. The van der Waals surface area contributed by atoms with Gasteiger partial charge in [-0.3, -0.25) is 4.79 Å². The van der Waals surface area contributed by atoms with Gasteiger partial charge in [-0.25, -0.2) is 0 Å². The fourth-order valence-electron chi connectivity index (χ4n) is 1.25. The summed E-state index contributed by atoms with van der Waals surface area (Å²) in [6, 6.07) is 0. The predicted molar refractivity (Wildman–Crippen MR) is 54.9 cm³/mol. The fourth-order valence-corrected chi connectivity index (χ4v) is 1.25. The molecule has 1 heterocycles. The van der Waals surface area contributed by atoms with Crippen LogP contribution in [0.5, 0.6) is 0 Å². The number of esters is 1. The summed E-state index contributed by atoms with van der Waals surface area (Å²) >= 11 is 0. The first-order chi connectivity index (χ1) is 7.54. The molecule has 0 aliphatic carbocycles. The Hall–Kier alpha value is -1.92. The number of aromatic nitrogens is 2. The first kappa shape index (κ1) is 12.2. The molecule has 88 valence electrons. The molecular formula is C9H13N3O4. The minimum Gasteiger partial charge on any atom is -0.466 e. The van der Waals surface area contributed by atoms with E-state index in [0.717, 1.165) is 0 Å². The van der Waals surface area contributed by atoms with Crippen LogP contribution >= 0.6 is 0 Å². The summed E-state index contributed by atoms with van der Waals surface area (Å²) in [6.07, 6.45) is 1.50. The monoisotopic (exact) mass is 227 g/mol. The van der Waals surface area contributed by atoms with Crippen molar-refractivity contribution in [1.29, 1.82) is 0 Å². The van der Waals surface area contributed by atoms with Gasteiger partial charge in [0.2, 0.25) is 5.82 Å². The van der Waals surface area contributed by atoms with E-state index >= 15 is 0 Å². The molecule has 0 fully saturated rings. The molecule has 16 heavy (non-hydrogen) atoms. The van der Waals surface area contributed by atoms with Crippen LogP contribution in [0.25, 0.3) is 0 Å². The molecule has 0 bridgehead atoms. The second kappa shape index (κ2) is 5.24. The summed E-state index contributed by atoms with van der Waals surface area (Å²) in [4.78, 5) is 24.7. The van der Waals surface area contributed by atoms with Crippen LogP contribution < -0.4 is 0 Å². The Morgan fingerprint density at radius 1 is 1.69 bits per heavy atom. The summed E-state index contributed by atoms with van der Waals surface area (Å²) in [5.41, 5.74) is 0. The molecule has 1 rings (SSSR count). The highest BCUT2D eigenvalue weighted by Crippen LogP contribution is 2.10. The molecule has 0 N–H and O–H groups in total. The van der Waals surface area contributed by atoms with Gasteiger partial charge < -0.3 is 19.4 Å². The Kier molecular flexibility index (Phi) is 3.98. The Labute approximate surface area is 92.2 Å². The van der Waals surface area contributed by atoms with E-state index in [0.29, 0.717) is 19.0 Å². The summed E-state index contributed by atoms with van der Waals surface area (Å²) in [6.45, 7) is 4.05. The zero-order chi connectivity index (χ0) is 12.1. The third-order valence-corrected chi connectivity index (χ3v) is 2.01. The van der Waals surface area contributed by atoms with Crippen molar-refractivity contribution in [2.24, 2.45) is 0 Å². The Morgan fingerprint density at radius 2 is 2.38 bits per heavy atom. The van der Waals surface area contributed by atoms with Crippen molar-refractivity contribution in [2.75, 3.05) is 6.61 Å². The third-order valence-electron chi connectivity index (χ3n) is 2.01. The van der Waals surface area contributed by atoms with Crippen LogP contribution in [0, 0.1) is 17.0 Å². The highest BCUT2D eigenvalue weighted by atomic mass is 16.6. The molecule has 1 aromatic rings. The van der Waals surface area contributed by atoms with Crippen LogP contribution in [0.3, 0.4) is 0 Å². The van der Waals surface area contributed by atoms with Crippen molar-refractivity contribution in [1.82, 2.24) is 9.55 Å². The van der Waals surface area contributed by atoms with E-state index in [4.69, 9.17) is 4.74 Å². The highest BCUT2D eigenvalue weighted by molar-refractivity contribution is 5.69. The number of ether oxygens (including phenoxy) is 1. The molecule has 0 aromatic carbocycles. The quantitative estimate of drug-likeness (QED) is 0.426. The van der Waals surface area contributed by atoms with Crippen molar-refractivity contribution in [3.05, 3.63) is 22.1 Å². The van der Waals surface area contributed by atoms with E-state index in [2.05, 4.69) is 4.98 Å². The second-order valence-corrected chi connectivity index (χ2v) is 3.15. The molecular weight excluding hydrogens is 214 g/mol. The smallest absolute Gasteiger partial charge is 0.381 e. The topological polar surface area (TPSA) is 87.3 Å². The lowest BCUT2D eigenvalue weighted by Gasteiger charge is -2.02. The fraction of sp³-hybridized carbons (Fsp3) is 0.556. The number of carbonyl (C=O) groups is 1. The average molecular weight is 227 g/mol. The zero-order valence-electron chi connectivity index (χ0n) is 9.17. The van der Waals surface area contributed by atoms with Gasteiger partial charge in [-0.15, -0.1) is 0 Å². The lowest BCUT2D eigenvalue weighted by molar-refractivity contribution is -0.389. The molecule has 7 nitrogen and oxygen atoms in total. The lowest BCUT2D eigenvalue weighted by atomic mass is 10.4. The normalized spacial score (nSPS) is 10.1. The molecule has 1 aromatic heterocycles. The van der Waals surface area contributed by atoms with E-state index in [1.165, 1.54) is 6.20 Å². The molecule has 0 aliphatic heterocycles. The third kappa shape index (κ3) is 3.04. The van der Waals surface area contributed by atoms with Crippen molar-refractivity contribution in [3.8, 4) is 0 Å².